The lowest BCUT2D eigenvalue weighted by Gasteiger charge is -2.05. The van der Waals surface area contributed by atoms with Gasteiger partial charge in [0.15, 0.2) is 0 Å². The summed E-state index contributed by atoms with van der Waals surface area (Å²) in [5.41, 5.74) is 1.39. The van der Waals surface area contributed by atoms with Gasteiger partial charge in [0.05, 0.1) is 12.4 Å². The van der Waals surface area contributed by atoms with Gasteiger partial charge < -0.3 is 10.6 Å². The zero-order valence-corrected chi connectivity index (χ0v) is 10.6. The molecule has 0 atom stereocenters. The van der Waals surface area contributed by atoms with E-state index >= 15 is 0 Å². The zero-order valence-electron chi connectivity index (χ0n) is 10.6. The van der Waals surface area contributed by atoms with E-state index in [2.05, 4.69) is 25.6 Å². The Bertz CT molecular complexity index is 544. The van der Waals surface area contributed by atoms with Gasteiger partial charge in [0.1, 0.15) is 11.5 Å². The Morgan fingerprint density at radius 1 is 1.26 bits per heavy atom. The molecule has 0 bridgehead atoms. The predicted molar refractivity (Wildman–Crippen MR) is 71.9 cm³/mol. The van der Waals surface area contributed by atoms with Crippen molar-refractivity contribution in [2.24, 2.45) is 0 Å². The monoisotopic (exact) mass is 257 g/mol. The number of pyridine rings is 1. The summed E-state index contributed by atoms with van der Waals surface area (Å²) in [5, 5.41) is 5.64. The second kappa shape index (κ2) is 6.44. The van der Waals surface area contributed by atoms with Crippen LogP contribution in [0.5, 0.6) is 0 Å². The van der Waals surface area contributed by atoms with E-state index < -0.39 is 0 Å². The minimum absolute atomic E-state index is 0.228. The van der Waals surface area contributed by atoms with Crippen LogP contribution in [0.2, 0.25) is 0 Å². The van der Waals surface area contributed by atoms with Crippen LogP contribution in [0.1, 0.15) is 16.1 Å². The standard InChI is InChI=1S/C13H15N5O/c1-14-12-9-16-8-11(18-12)13(19)17-6-4-10-3-2-5-15-7-10/h2-3,5,7-9H,4,6H2,1H3,(H,14,18)(H,17,19). The molecular formula is C13H15N5O. The summed E-state index contributed by atoms with van der Waals surface area (Å²) in [5.74, 6) is 0.341. The van der Waals surface area contributed by atoms with Crippen LogP contribution in [0.3, 0.4) is 0 Å². The molecule has 0 unspecified atom stereocenters. The highest BCUT2D eigenvalue weighted by Crippen LogP contribution is 2.01. The molecule has 19 heavy (non-hydrogen) atoms. The predicted octanol–water partition coefficient (Wildman–Crippen LogP) is 0.886. The molecule has 2 heterocycles. The summed E-state index contributed by atoms with van der Waals surface area (Å²) < 4.78 is 0. The van der Waals surface area contributed by atoms with Gasteiger partial charge in [-0.05, 0) is 18.1 Å². The summed E-state index contributed by atoms with van der Waals surface area (Å²) in [6.45, 7) is 0.538. The number of aromatic nitrogens is 3. The van der Waals surface area contributed by atoms with Crippen LogP contribution in [-0.4, -0.2) is 34.5 Å². The lowest BCUT2D eigenvalue weighted by Crippen LogP contribution is -2.26. The Kier molecular flexibility index (Phi) is 4.39. The Morgan fingerprint density at radius 3 is 2.89 bits per heavy atom. The molecule has 0 radical (unpaired) electrons. The molecule has 0 fully saturated rings. The number of anilines is 1. The highest BCUT2D eigenvalue weighted by atomic mass is 16.1. The first-order chi connectivity index (χ1) is 9.29. The van der Waals surface area contributed by atoms with E-state index in [4.69, 9.17) is 0 Å². The Hall–Kier alpha value is -2.50. The molecule has 0 aliphatic carbocycles. The van der Waals surface area contributed by atoms with Gasteiger partial charge in [-0.25, -0.2) is 4.98 Å². The van der Waals surface area contributed by atoms with E-state index in [-0.39, 0.29) is 5.91 Å². The quantitative estimate of drug-likeness (QED) is 0.831. The summed E-state index contributed by atoms with van der Waals surface area (Å²) in [7, 11) is 1.73. The third-order valence-electron chi connectivity index (χ3n) is 2.55. The fraction of sp³-hybridized carbons (Fsp3) is 0.231. The van der Waals surface area contributed by atoms with Gasteiger partial charge in [0, 0.05) is 26.0 Å². The number of nitrogens with zero attached hydrogens (tertiary/aromatic N) is 3. The molecule has 2 aromatic heterocycles. The third kappa shape index (κ3) is 3.74. The molecule has 1 amide bonds. The summed E-state index contributed by atoms with van der Waals surface area (Å²) in [6, 6.07) is 3.85. The molecule has 0 spiro atoms. The lowest BCUT2D eigenvalue weighted by atomic mass is 10.2. The first kappa shape index (κ1) is 12.9. The molecule has 98 valence electrons. The van der Waals surface area contributed by atoms with Crippen molar-refractivity contribution in [2.45, 2.75) is 6.42 Å². The molecule has 0 aliphatic rings. The van der Waals surface area contributed by atoms with Gasteiger partial charge in [0.2, 0.25) is 0 Å². The molecule has 0 aliphatic heterocycles. The maximum absolute atomic E-state index is 11.8. The number of hydrogen-bond donors (Lipinski definition) is 2. The van der Waals surface area contributed by atoms with Crippen molar-refractivity contribution in [3.05, 3.63) is 48.2 Å². The van der Waals surface area contributed by atoms with Crippen LogP contribution in [-0.2, 0) is 6.42 Å². The van der Waals surface area contributed by atoms with Gasteiger partial charge in [-0.3, -0.25) is 14.8 Å². The van der Waals surface area contributed by atoms with Gasteiger partial charge in [0.25, 0.3) is 5.91 Å². The van der Waals surface area contributed by atoms with Crippen molar-refractivity contribution in [1.29, 1.82) is 0 Å². The third-order valence-corrected chi connectivity index (χ3v) is 2.55. The van der Waals surface area contributed by atoms with Crippen LogP contribution >= 0.6 is 0 Å². The van der Waals surface area contributed by atoms with Gasteiger partial charge in [-0.2, -0.15) is 0 Å². The maximum Gasteiger partial charge on any atom is 0.271 e. The number of amides is 1. The normalized spacial score (nSPS) is 9.95. The number of carbonyl (C=O) groups is 1. The fourth-order valence-electron chi connectivity index (χ4n) is 1.55. The number of nitrogens with one attached hydrogen (secondary N) is 2. The highest BCUT2D eigenvalue weighted by Gasteiger charge is 2.07. The average molecular weight is 257 g/mol. The minimum atomic E-state index is -0.228. The lowest BCUT2D eigenvalue weighted by molar-refractivity contribution is 0.0949. The van der Waals surface area contributed by atoms with E-state index in [1.54, 1.807) is 25.6 Å². The molecule has 2 rings (SSSR count). The second-order valence-electron chi connectivity index (χ2n) is 3.91. The maximum atomic E-state index is 11.8. The van der Waals surface area contributed by atoms with Crippen LogP contribution < -0.4 is 10.6 Å². The molecule has 2 aromatic rings. The Morgan fingerprint density at radius 2 is 2.16 bits per heavy atom. The SMILES string of the molecule is CNc1cncc(C(=O)NCCc2cccnc2)n1. The van der Waals surface area contributed by atoms with E-state index in [1.165, 1.54) is 6.20 Å². The number of rotatable bonds is 5. The van der Waals surface area contributed by atoms with Crippen molar-refractivity contribution in [3.8, 4) is 0 Å². The molecule has 0 saturated heterocycles. The topological polar surface area (TPSA) is 79.8 Å². The molecule has 0 aromatic carbocycles. The fourth-order valence-corrected chi connectivity index (χ4v) is 1.55. The molecule has 2 N–H and O–H groups in total. The van der Waals surface area contributed by atoms with Gasteiger partial charge in [-0.15, -0.1) is 0 Å². The van der Waals surface area contributed by atoms with Crippen LogP contribution in [0.4, 0.5) is 5.82 Å². The van der Waals surface area contributed by atoms with Crippen molar-refractivity contribution in [2.75, 3.05) is 18.9 Å². The van der Waals surface area contributed by atoms with Crippen molar-refractivity contribution >= 4 is 11.7 Å². The summed E-state index contributed by atoms with van der Waals surface area (Å²) in [4.78, 5) is 23.9. The zero-order chi connectivity index (χ0) is 13.5. The van der Waals surface area contributed by atoms with Gasteiger partial charge >= 0.3 is 0 Å². The number of hydrogen-bond acceptors (Lipinski definition) is 5. The highest BCUT2D eigenvalue weighted by molar-refractivity contribution is 5.92. The van der Waals surface area contributed by atoms with Crippen LogP contribution in [0.25, 0.3) is 0 Å². The van der Waals surface area contributed by atoms with E-state index in [0.717, 1.165) is 12.0 Å². The minimum Gasteiger partial charge on any atom is -0.372 e. The molecule has 6 nitrogen and oxygen atoms in total. The van der Waals surface area contributed by atoms with Crippen molar-refractivity contribution in [3.63, 3.8) is 0 Å². The molecular weight excluding hydrogens is 242 g/mol. The second-order valence-corrected chi connectivity index (χ2v) is 3.91. The smallest absolute Gasteiger partial charge is 0.271 e. The number of carbonyl (C=O) groups excluding carboxylic acids is 1. The molecule has 0 saturated carbocycles. The summed E-state index contributed by atoms with van der Waals surface area (Å²) in [6.07, 6.45) is 7.25. The Labute approximate surface area is 111 Å². The van der Waals surface area contributed by atoms with Crippen molar-refractivity contribution < 1.29 is 4.79 Å². The first-order valence-corrected chi connectivity index (χ1v) is 5.96. The first-order valence-electron chi connectivity index (χ1n) is 5.96. The largest absolute Gasteiger partial charge is 0.372 e. The van der Waals surface area contributed by atoms with E-state index in [9.17, 15) is 4.79 Å². The average Bonchev–Trinajstić information content (AvgIpc) is 2.48. The van der Waals surface area contributed by atoms with Gasteiger partial charge in [-0.1, -0.05) is 6.07 Å². The van der Waals surface area contributed by atoms with Crippen LogP contribution in [0, 0.1) is 0 Å². The van der Waals surface area contributed by atoms with Crippen molar-refractivity contribution in [1.82, 2.24) is 20.3 Å². The van der Waals surface area contributed by atoms with E-state index in [0.29, 0.717) is 18.1 Å². The summed E-state index contributed by atoms with van der Waals surface area (Å²) >= 11 is 0. The van der Waals surface area contributed by atoms with Crippen LogP contribution in [0.15, 0.2) is 36.9 Å². The Balaban J connectivity index is 1.87. The van der Waals surface area contributed by atoms with E-state index in [1.807, 2.05) is 12.1 Å². The molecule has 6 heteroatoms.